The van der Waals surface area contributed by atoms with Gasteiger partial charge in [0.2, 0.25) is 0 Å². The summed E-state index contributed by atoms with van der Waals surface area (Å²) < 4.78 is 0. The summed E-state index contributed by atoms with van der Waals surface area (Å²) in [6, 6.07) is 9.68. The number of nitrogens with two attached hydrogens (primary N) is 1. The van der Waals surface area contributed by atoms with Crippen LogP contribution in [0.25, 0.3) is 0 Å². The molecule has 0 aromatic heterocycles. The van der Waals surface area contributed by atoms with Crippen LogP contribution in [0.2, 0.25) is 0 Å². The zero-order valence-corrected chi connectivity index (χ0v) is 9.37. The molecule has 0 fully saturated rings. The zero-order chi connectivity index (χ0) is 12.0. The van der Waals surface area contributed by atoms with Gasteiger partial charge in [0.15, 0.2) is 0 Å². The van der Waals surface area contributed by atoms with Crippen molar-refractivity contribution in [3.05, 3.63) is 46.0 Å². The number of hydrogen-bond acceptors (Lipinski definition) is 4. The predicted octanol–water partition coefficient (Wildman–Crippen LogP) is 1.07. The smallest absolute Gasteiger partial charge is 0.265 e. The number of hydrogen-bond donors (Lipinski definition) is 1. The van der Waals surface area contributed by atoms with Gasteiger partial charge in [0.25, 0.3) is 6.17 Å². The summed E-state index contributed by atoms with van der Waals surface area (Å²) in [6.45, 7) is 3.08. The lowest BCUT2D eigenvalue weighted by Crippen LogP contribution is -2.41. The zero-order valence-electron chi connectivity index (χ0n) is 9.37. The van der Waals surface area contributed by atoms with E-state index in [2.05, 4.69) is 0 Å². The highest BCUT2D eigenvalue weighted by Crippen LogP contribution is 2.07. The number of rotatable bonds is 6. The van der Waals surface area contributed by atoms with Crippen molar-refractivity contribution in [2.75, 3.05) is 13.1 Å². The van der Waals surface area contributed by atoms with E-state index in [9.17, 15) is 10.1 Å². The van der Waals surface area contributed by atoms with Crippen molar-refractivity contribution in [1.82, 2.24) is 4.90 Å². The van der Waals surface area contributed by atoms with Gasteiger partial charge in [-0.3, -0.25) is 10.1 Å². The molecule has 5 heteroatoms. The summed E-state index contributed by atoms with van der Waals surface area (Å²) in [5.74, 6) is 0. The molecule has 0 saturated carbocycles. The first kappa shape index (κ1) is 12.6. The average Bonchev–Trinajstić information content (AvgIpc) is 2.29. The van der Waals surface area contributed by atoms with Crippen LogP contribution in [-0.4, -0.2) is 29.1 Å². The fraction of sp³-hybridized carbons (Fsp3) is 0.455. The minimum absolute atomic E-state index is 0.293. The van der Waals surface area contributed by atoms with Gasteiger partial charge in [-0.15, -0.1) is 0 Å². The molecule has 0 amide bonds. The molecule has 0 aliphatic heterocycles. The van der Waals surface area contributed by atoms with Crippen LogP contribution >= 0.6 is 0 Å². The van der Waals surface area contributed by atoms with E-state index in [-0.39, 0.29) is 4.92 Å². The Bertz CT molecular complexity index is 329. The second-order valence-electron chi connectivity index (χ2n) is 3.66. The van der Waals surface area contributed by atoms with Crippen molar-refractivity contribution >= 4 is 0 Å². The molecule has 16 heavy (non-hydrogen) atoms. The lowest BCUT2D eigenvalue weighted by molar-refractivity contribution is -0.546. The standard InChI is InChI=1S/C11H17N3O2/c1-10(14(15)16)13(8-7-12)9-11-5-3-2-4-6-11/h2-6,10H,7-9,12H2,1H3. The highest BCUT2D eigenvalue weighted by atomic mass is 16.6. The van der Waals surface area contributed by atoms with Gasteiger partial charge in [-0.2, -0.15) is 0 Å². The third-order valence-corrected chi connectivity index (χ3v) is 2.48. The molecule has 1 aromatic rings. The predicted molar refractivity (Wildman–Crippen MR) is 62.4 cm³/mol. The molecule has 1 aromatic carbocycles. The third kappa shape index (κ3) is 3.60. The molecule has 1 rings (SSSR count). The Labute approximate surface area is 95.0 Å². The molecule has 0 spiro atoms. The van der Waals surface area contributed by atoms with Gasteiger partial charge < -0.3 is 5.73 Å². The highest BCUT2D eigenvalue weighted by Gasteiger charge is 2.22. The number of nitro groups is 1. The van der Waals surface area contributed by atoms with E-state index in [0.717, 1.165) is 5.56 Å². The van der Waals surface area contributed by atoms with Crippen molar-refractivity contribution in [2.24, 2.45) is 5.73 Å². The first-order chi connectivity index (χ1) is 7.65. The summed E-state index contributed by atoms with van der Waals surface area (Å²) >= 11 is 0. The lowest BCUT2D eigenvalue weighted by atomic mass is 10.2. The maximum Gasteiger partial charge on any atom is 0.265 e. The van der Waals surface area contributed by atoms with Crippen molar-refractivity contribution in [3.8, 4) is 0 Å². The van der Waals surface area contributed by atoms with Crippen molar-refractivity contribution in [2.45, 2.75) is 19.6 Å². The molecule has 1 unspecified atom stereocenters. The van der Waals surface area contributed by atoms with Gasteiger partial charge in [0, 0.05) is 31.5 Å². The molecule has 0 aliphatic rings. The van der Waals surface area contributed by atoms with E-state index in [1.165, 1.54) is 0 Å². The van der Waals surface area contributed by atoms with Gasteiger partial charge in [-0.25, -0.2) is 4.90 Å². The topological polar surface area (TPSA) is 72.4 Å². The van der Waals surface area contributed by atoms with E-state index < -0.39 is 6.17 Å². The first-order valence-electron chi connectivity index (χ1n) is 5.26. The van der Waals surface area contributed by atoms with Crippen LogP contribution in [-0.2, 0) is 6.54 Å². The lowest BCUT2D eigenvalue weighted by Gasteiger charge is -2.22. The van der Waals surface area contributed by atoms with E-state index in [1.54, 1.807) is 11.8 Å². The second kappa shape index (κ2) is 6.19. The summed E-state index contributed by atoms with van der Waals surface area (Å²) in [6.07, 6.45) is -0.705. The molecule has 5 nitrogen and oxygen atoms in total. The Balaban J connectivity index is 2.68. The van der Waals surface area contributed by atoms with Crippen LogP contribution in [0.1, 0.15) is 12.5 Å². The molecular formula is C11H17N3O2. The normalized spacial score (nSPS) is 12.7. The fourth-order valence-electron chi connectivity index (χ4n) is 1.52. The molecule has 2 N–H and O–H groups in total. The third-order valence-electron chi connectivity index (χ3n) is 2.48. The molecule has 0 saturated heterocycles. The Morgan fingerprint density at radius 3 is 2.56 bits per heavy atom. The van der Waals surface area contributed by atoms with Gasteiger partial charge >= 0.3 is 0 Å². The van der Waals surface area contributed by atoms with Crippen molar-refractivity contribution in [1.29, 1.82) is 0 Å². The van der Waals surface area contributed by atoms with Crippen LogP contribution in [0, 0.1) is 10.1 Å². The van der Waals surface area contributed by atoms with Crippen LogP contribution in [0.15, 0.2) is 30.3 Å². The minimum Gasteiger partial charge on any atom is -0.329 e. The van der Waals surface area contributed by atoms with Gasteiger partial charge in [-0.1, -0.05) is 30.3 Å². The summed E-state index contributed by atoms with van der Waals surface area (Å²) in [4.78, 5) is 12.2. The molecule has 0 radical (unpaired) electrons. The average molecular weight is 223 g/mol. The summed E-state index contributed by atoms with van der Waals surface area (Å²) in [7, 11) is 0. The summed E-state index contributed by atoms with van der Waals surface area (Å²) in [5, 5.41) is 10.7. The molecule has 88 valence electrons. The molecule has 0 heterocycles. The van der Waals surface area contributed by atoms with Gasteiger partial charge in [0.05, 0.1) is 0 Å². The molecule has 0 bridgehead atoms. The Kier molecular flexibility index (Phi) is 4.88. The highest BCUT2D eigenvalue weighted by molar-refractivity contribution is 5.14. The second-order valence-corrected chi connectivity index (χ2v) is 3.66. The Morgan fingerprint density at radius 2 is 2.06 bits per heavy atom. The largest absolute Gasteiger partial charge is 0.329 e. The van der Waals surface area contributed by atoms with E-state index in [4.69, 9.17) is 5.73 Å². The van der Waals surface area contributed by atoms with Crippen LogP contribution < -0.4 is 5.73 Å². The maximum atomic E-state index is 10.7. The quantitative estimate of drug-likeness (QED) is 0.445. The summed E-state index contributed by atoms with van der Waals surface area (Å²) in [5.41, 5.74) is 6.52. The van der Waals surface area contributed by atoms with E-state index in [0.29, 0.717) is 19.6 Å². The molecular weight excluding hydrogens is 206 g/mol. The van der Waals surface area contributed by atoms with Crippen molar-refractivity contribution < 1.29 is 4.92 Å². The monoisotopic (exact) mass is 223 g/mol. The first-order valence-corrected chi connectivity index (χ1v) is 5.26. The maximum absolute atomic E-state index is 10.7. The Hall–Kier alpha value is -1.46. The van der Waals surface area contributed by atoms with E-state index >= 15 is 0 Å². The Morgan fingerprint density at radius 1 is 1.44 bits per heavy atom. The molecule has 1 atom stereocenters. The van der Waals surface area contributed by atoms with Gasteiger partial charge in [-0.05, 0) is 5.56 Å². The van der Waals surface area contributed by atoms with Crippen LogP contribution in [0.3, 0.4) is 0 Å². The molecule has 0 aliphatic carbocycles. The number of benzene rings is 1. The van der Waals surface area contributed by atoms with Crippen molar-refractivity contribution in [3.63, 3.8) is 0 Å². The van der Waals surface area contributed by atoms with E-state index in [1.807, 2.05) is 30.3 Å². The van der Waals surface area contributed by atoms with Gasteiger partial charge in [0.1, 0.15) is 0 Å². The van der Waals surface area contributed by atoms with Crippen LogP contribution in [0.4, 0.5) is 0 Å². The fourth-order valence-corrected chi connectivity index (χ4v) is 1.52. The van der Waals surface area contributed by atoms with Crippen LogP contribution in [0.5, 0.6) is 0 Å². The minimum atomic E-state index is -0.705. The SMILES string of the molecule is CC(N(CCN)Cc1ccccc1)[N+](=O)[O-]. The number of nitrogens with zero attached hydrogens (tertiary/aromatic N) is 2.